The third-order valence-corrected chi connectivity index (χ3v) is 2.79. The van der Waals surface area contributed by atoms with Gasteiger partial charge in [0, 0.05) is 6.54 Å². The van der Waals surface area contributed by atoms with E-state index in [1.165, 1.54) is 4.90 Å². The van der Waals surface area contributed by atoms with Crippen LogP contribution in [0.25, 0.3) is 0 Å². The van der Waals surface area contributed by atoms with Crippen LogP contribution in [0.1, 0.15) is 41.0 Å². The summed E-state index contributed by atoms with van der Waals surface area (Å²) in [7, 11) is 0. The summed E-state index contributed by atoms with van der Waals surface area (Å²) in [4.78, 5) is 36.2. The van der Waals surface area contributed by atoms with Gasteiger partial charge in [0.05, 0.1) is 6.61 Å². The first kappa shape index (κ1) is 19.2. The lowest BCUT2D eigenvalue weighted by Gasteiger charge is -2.30. The summed E-state index contributed by atoms with van der Waals surface area (Å²) in [6, 6.07) is -1.61. The normalized spacial score (nSPS) is 12.4. The first-order valence-corrected chi connectivity index (χ1v) is 7.07. The van der Waals surface area contributed by atoms with E-state index in [4.69, 9.17) is 4.74 Å². The number of carboxylic acid groups (broad SMARTS) is 1. The number of carbonyl (C=O) groups is 3. The molecule has 0 radical (unpaired) electrons. The number of nitrogens with one attached hydrogen (secondary N) is 1. The molecule has 0 aromatic heterocycles. The minimum absolute atomic E-state index is 0.190. The first-order chi connectivity index (χ1) is 9.63. The summed E-state index contributed by atoms with van der Waals surface area (Å²) in [6.45, 7) is 9.11. The molecule has 1 atom stereocenters. The van der Waals surface area contributed by atoms with E-state index in [1.54, 1.807) is 27.7 Å². The molecule has 122 valence electrons. The standard InChI is InChI=1S/C14H26N2O5/c1-6-8-16(9-10(17)21-7-2)13(20)15-11(12(18)19)14(3,4)5/h11H,6-9H2,1-5H3,(H,15,20)(H,18,19)/t11-/m0/s1. The van der Waals surface area contributed by atoms with Crippen LogP contribution in [0.4, 0.5) is 4.79 Å². The van der Waals surface area contributed by atoms with Crippen LogP contribution in [0.3, 0.4) is 0 Å². The van der Waals surface area contributed by atoms with Crippen LogP contribution in [0.5, 0.6) is 0 Å². The number of carboxylic acids is 1. The molecule has 0 fully saturated rings. The molecule has 0 aliphatic heterocycles. The van der Waals surface area contributed by atoms with Crippen LogP contribution < -0.4 is 5.32 Å². The maximum atomic E-state index is 12.2. The van der Waals surface area contributed by atoms with Crippen molar-refractivity contribution in [3.05, 3.63) is 0 Å². The monoisotopic (exact) mass is 302 g/mol. The molecule has 0 unspecified atom stereocenters. The molecule has 0 aliphatic rings. The van der Waals surface area contributed by atoms with Gasteiger partial charge in [0.2, 0.25) is 0 Å². The average molecular weight is 302 g/mol. The van der Waals surface area contributed by atoms with E-state index in [-0.39, 0.29) is 13.2 Å². The molecule has 0 rings (SSSR count). The Balaban J connectivity index is 4.88. The number of rotatable bonds is 7. The lowest BCUT2D eigenvalue weighted by molar-refractivity contribution is -0.143. The first-order valence-electron chi connectivity index (χ1n) is 7.07. The van der Waals surface area contributed by atoms with Gasteiger partial charge < -0.3 is 20.1 Å². The van der Waals surface area contributed by atoms with Gasteiger partial charge in [-0.2, -0.15) is 0 Å². The number of esters is 1. The Morgan fingerprint density at radius 3 is 2.19 bits per heavy atom. The summed E-state index contributed by atoms with van der Waals surface area (Å²) in [5.74, 6) is -1.62. The Morgan fingerprint density at radius 1 is 1.24 bits per heavy atom. The fraction of sp³-hybridized carbons (Fsp3) is 0.786. The zero-order chi connectivity index (χ0) is 16.6. The van der Waals surface area contributed by atoms with Crippen molar-refractivity contribution in [1.29, 1.82) is 0 Å². The van der Waals surface area contributed by atoms with Crippen molar-refractivity contribution >= 4 is 18.0 Å². The van der Waals surface area contributed by atoms with Crippen molar-refractivity contribution in [3.8, 4) is 0 Å². The fourth-order valence-electron chi connectivity index (χ4n) is 1.75. The van der Waals surface area contributed by atoms with Gasteiger partial charge in [-0.15, -0.1) is 0 Å². The lowest BCUT2D eigenvalue weighted by Crippen LogP contribution is -2.54. The number of aliphatic carboxylic acids is 1. The molecule has 21 heavy (non-hydrogen) atoms. The molecule has 0 saturated heterocycles. The lowest BCUT2D eigenvalue weighted by atomic mass is 9.87. The van der Waals surface area contributed by atoms with E-state index in [0.717, 1.165) is 0 Å². The highest BCUT2D eigenvalue weighted by molar-refractivity contribution is 5.85. The SMILES string of the molecule is CCCN(CC(=O)OCC)C(=O)N[C@@H](C(=O)O)C(C)(C)C. The molecular formula is C14H26N2O5. The number of hydrogen-bond acceptors (Lipinski definition) is 4. The van der Waals surface area contributed by atoms with Crippen molar-refractivity contribution in [1.82, 2.24) is 10.2 Å². The van der Waals surface area contributed by atoms with Crippen LogP contribution >= 0.6 is 0 Å². The van der Waals surface area contributed by atoms with Gasteiger partial charge in [-0.05, 0) is 18.8 Å². The molecule has 0 spiro atoms. The van der Waals surface area contributed by atoms with E-state index >= 15 is 0 Å². The minimum Gasteiger partial charge on any atom is -0.480 e. The second-order valence-electron chi connectivity index (χ2n) is 5.81. The highest BCUT2D eigenvalue weighted by Gasteiger charge is 2.34. The number of nitrogens with zero attached hydrogens (tertiary/aromatic N) is 1. The molecule has 0 bridgehead atoms. The molecule has 2 amide bonds. The van der Waals surface area contributed by atoms with Gasteiger partial charge in [-0.25, -0.2) is 9.59 Å². The maximum Gasteiger partial charge on any atom is 0.326 e. The Kier molecular flexibility index (Phi) is 7.76. The summed E-state index contributed by atoms with van der Waals surface area (Å²) in [5.41, 5.74) is -0.636. The molecule has 0 aromatic rings. The summed E-state index contributed by atoms with van der Waals surface area (Å²) >= 11 is 0. The van der Waals surface area contributed by atoms with Crippen molar-refractivity contribution in [2.75, 3.05) is 19.7 Å². The van der Waals surface area contributed by atoms with Crippen LogP contribution in [0, 0.1) is 5.41 Å². The van der Waals surface area contributed by atoms with Crippen molar-refractivity contribution in [2.24, 2.45) is 5.41 Å². The van der Waals surface area contributed by atoms with E-state index in [1.807, 2.05) is 6.92 Å². The van der Waals surface area contributed by atoms with Crippen molar-refractivity contribution < 1.29 is 24.2 Å². The van der Waals surface area contributed by atoms with Gasteiger partial charge in [0.15, 0.2) is 0 Å². The number of carbonyl (C=O) groups excluding carboxylic acids is 2. The van der Waals surface area contributed by atoms with Gasteiger partial charge in [0.1, 0.15) is 12.6 Å². The minimum atomic E-state index is -1.11. The molecule has 0 heterocycles. The Hall–Kier alpha value is -1.79. The predicted octanol–water partition coefficient (Wildman–Crippen LogP) is 1.47. The van der Waals surface area contributed by atoms with Crippen molar-refractivity contribution in [2.45, 2.75) is 47.1 Å². The summed E-state index contributed by atoms with van der Waals surface area (Å²) in [5, 5.41) is 11.7. The van der Waals surface area contributed by atoms with Crippen LogP contribution in [-0.2, 0) is 14.3 Å². The van der Waals surface area contributed by atoms with E-state index < -0.39 is 29.4 Å². The topological polar surface area (TPSA) is 95.9 Å². The van der Waals surface area contributed by atoms with Gasteiger partial charge >= 0.3 is 18.0 Å². The quantitative estimate of drug-likeness (QED) is 0.694. The number of hydrogen-bond donors (Lipinski definition) is 2. The average Bonchev–Trinajstić information content (AvgIpc) is 2.33. The Bertz CT molecular complexity index is 376. The molecule has 2 N–H and O–H groups in total. The van der Waals surface area contributed by atoms with E-state index in [2.05, 4.69) is 5.32 Å². The second kappa shape index (κ2) is 8.49. The van der Waals surface area contributed by atoms with E-state index in [0.29, 0.717) is 13.0 Å². The Morgan fingerprint density at radius 2 is 1.81 bits per heavy atom. The summed E-state index contributed by atoms with van der Waals surface area (Å²) < 4.78 is 4.81. The Labute approximate surface area is 125 Å². The number of amides is 2. The highest BCUT2D eigenvalue weighted by Crippen LogP contribution is 2.19. The molecule has 0 aromatic carbocycles. The highest BCUT2D eigenvalue weighted by atomic mass is 16.5. The van der Waals surface area contributed by atoms with Crippen LogP contribution in [0.15, 0.2) is 0 Å². The van der Waals surface area contributed by atoms with Crippen LogP contribution in [-0.4, -0.2) is 53.7 Å². The maximum absolute atomic E-state index is 12.2. The fourth-order valence-corrected chi connectivity index (χ4v) is 1.75. The molecule has 7 heteroatoms. The molecule has 0 aliphatic carbocycles. The van der Waals surface area contributed by atoms with Crippen molar-refractivity contribution in [3.63, 3.8) is 0 Å². The third kappa shape index (κ3) is 6.97. The van der Waals surface area contributed by atoms with E-state index in [9.17, 15) is 19.5 Å². The summed E-state index contributed by atoms with van der Waals surface area (Å²) in [6.07, 6.45) is 0.653. The molecular weight excluding hydrogens is 276 g/mol. The molecule has 7 nitrogen and oxygen atoms in total. The third-order valence-electron chi connectivity index (χ3n) is 2.79. The number of ether oxygens (including phenoxy) is 1. The number of urea groups is 1. The smallest absolute Gasteiger partial charge is 0.326 e. The largest absolute Gasteiger partial charge is 0.480 e. The molecule has 0 saturated carbocycles. The van der Waals surface area contributed by atoms with Gasteiger partial charge in [-0.3, -0.25) is 4.79 Å². The van der Waals surface area contributed by atoms with Gasteiger partial charge in [-0.1, -0.05) is 27.7 Å². The second-order valence-corrected chi connectivity index (χ2v) is 5.81. The zero-order valence-corrected chi connectivity index (χ0v) is 13.4. The van der Waals surface area contributed by atoms with Gasteiger partial charge in [0.25, 0.3) is 0 Å². The zero-order valence-electron chi connectivity index (χ0n) is 13.4. The predicted molar refractivity (Wildman–Crippen MR) is 77.9 cm³/mol. The van der Waals surface area contributed by atoms with Crippen LogP contribution in [0.2, 0.25) is 0 Å².